The van der Waals surface area contributed by atoms with E-state index < -0.39 is 0 Å². The first-order chi connectivity index (χ1) is 16.0. The van der Waals surface area contributed by atoms with Crippen LogP contribution in [-0.4, -0.2) is 18.4 Å². The first kappa shape index (κ1) is 22.3. The van der Waals surface area contributed by atoms with Crippen molar-refractivity contribution in [2.75, 3.05) is 16.8 Å². The Hall–Kier alpha value is -3.86. The lowest BCUT2D eigenvalue weighted by Gasteiger charge is -2.15. The van der Waals surface area contributed by atoms with Crippen LogP contribution in [0.4, 0.5) is 11.4 Å². The van der Waals surface area contributed by atoms with Crippen LogP contribution >= 0.6 is 0 Å². The lowest BCUT2D eigenvalue weighted by Crippen LogP contribution is -2.32. The van der Waals surface area contributed by atoms with Gasteiger partial charge in [-0.1, -0.05) is 63.2 Å². The van der Waals surface area contributed by atoms with Gasteiger partial charge in [0.15, 0.2) is 0 Å². The molecule has 4 rings (SSSR count). The van der Waals surface area contributed by atoms with Crippen molar-refractivity contribution in [3.05, 3.63) is 95.7 Å². The highest BCUT2D eigenvalue weighted by Gasteiger charge is 2.40. The standard InChI is InChI=1S/C28H28N2O3/c1-4-20-10-14-22(15-11-20)29-26-25(21-12-16-24(17-13-21)33-18-19(2)3)27(31)30(28(26)32)23-8-6-5-7-9-23/h5-17,19,29H,4,18H2,1-3H3. The molecule has 0 saturated heterocycles. The summed E-state index contributed by atoms with van der Waals surface area (Å²) < 4.78 is 5.77. The lowest BCUT2D eigenvalue weighted by atomic mass is 10.0. The molecular weight excluding hydrogens is 412 g/mol. The van der Waals surface area contributed by atoms with Crippen molar-refractivity contribution in [1.29, 1.82) is 0 Å². The van der Waals surface area contributed by atoms with Crippen LogP contribution < -0.4 is 15.0 Å². The molecule has 2 amide bonds. The van der Waals surface area contributed by atoms with Crippen LogP contribution in [0.25, 0.3) is 5.57 Å². The van der Waals surface area contributed by atoms with Gasteiger partial charge < -0.3 is 10.1 Å². The van der Waals surface area contributed by atoms with Gasteiger partial charge in [0.1, 0.15) is 11.4 Å². The van der Waals surface area contributed by atoms with Crippen molar-refractivity contribution >= 4 is 28.8 Å². The third-order valence-electron chi connectivity index (χ3n) is 5.46. The van der Waals surface area contributed by atoms with Crippen LogP contribution in [0.1, 0.15) is 31.9 Å². The molecule has 0 unspecified atom stereocenters. The Morgan fingerprint density at radius 3 is 2.12 bits per heavy atom. The maximum Gasteiger partial charge on any atom is 0.282 e. The molecule has 5 nitrogen and oxygen atoms in total. The van der Waals surface area contributed by atoms with Gasteiger partial charge >= 0.3 is 0 Å². The number of hydrogen-bond acceptors (Lipinski definition) is 4. The number of carbonyl (C=O) groups is 2. The SMILES string of the molecule is CCc1ccc(NC2=C(c3ccc(OCC(C)C)cc3)C(=O)N(c3ccccc3)C2=O)cc1. The molecule has 0 bridgehead atoms. The monoisotopic (exact) mass is 440 g/mol. The van der Waals surface area contributed by atoms with Gasteiger partial charge in [-0.05, 0) is 59.9 Å². The Morgan fingerprint density at radius 2 is 1.52 bits per heavy atom. The van der Waals surface area contributed by atoms with E-state index >= 15 is 0 Å². The molecule has 1 N–H and O–H groups in total. The van der Waals surface area contributed by atoms with E-state index in [1.54, 1.807) is 12.1 Å². The first-order valence-electron chi connectivity index (χ1n) is 11.2. The normalized spacial score (nSPS) is 13.8. The second-order valence-corrected chi connectivity index (χ2v) is 8.44. The van der Waals surface area contributed by atoms with Gasteiger partial charge in [-0.15, -0.1) is 0 Å². The predicted molar refractivity (Wildman–Crippen MR) is 132 cm³/mol. The summed E-state index contributed by atoms with van der Waals surface area (Å²) in [5.41, 5.74) is 3.78. The lowest BCUT2D eigenvalue weighted by molar-refractivity contribution is -0.120. The van der Waals surface area contributed by atoms with Crippen molar-refractivity contribution in [2.24, 2.45) is 5.92 Å². The van der Waals surface area contributed by atoms with E-state index in [4.69, 9.17) is 4.74 Å². The van der Waals surface area contributed by atoms with E-state index in [2.05, 4.69) is 26.1 Å². The number of hydrogen-bond donors (Lipinski definition) is 1. The number of imide groups is 1. The molecule has 3 aromatic carbocycles. The molecule has 0 aromatic heterocycles. The van der Waals surface area contributed by atoms with E-state index in [9.17, 15) is 9.59 Å². The van der Waals surface area contributed by atoms with Gasteiger partial charge in [-0.2, -0.15) is 0 Å². The number of anilines is 2. The Labute approximate surface area is 194 Å². The molecule has 3 aromatic rings. The fourth-order valence-corrected chi connectivity index (χ4v) is 3.67. The number of nitrogens with one attached hydrogen (secondary N) is 1. The van der Waals surface area contributed by atoms with Crippen molar-refractivity contribution in [3.63, 3.8) is 0 Å². The Balaban J connectivity index is 1.71. The summed E-state index contributed by atoms with van der Waals surface area (Å²) in [7, 11) is 0. The smallest absolute Gasteiger partial charge is 0.282 e. The number of nitrogens with zero attached hydrogens (tertiary/aromatic N) is 1. The Kier molecular flexibility index (Phi) is 6.59. The van der Waals surface area contributed by atoms with Crippen LogP contribution in [0.15, 0.2) is 84.6 Å². The molecule has 168 valence electrons. The second kappa shape index (κ2) is 9.74. The summed E-state index contributed by atoms with van der Waals surface area (Å²) in [6.45, 7) is 6.88. The number of aryl methyl sites for hydroxylation is 1. The number of para-hydroxylation sites is 1. The summed E-state index contributed by atoms with van der Waals surface area (Å²) >= 11 is 0. The van der Waals surface area contributed by atoms with E-state index in [1.165, 1.54) is 10.5 Å². The quantitative estimate of drug-likeness (QED) is 0.458. The molecule has 1 aliphatic rings. The molecule has 0 saturated carbocycles. The highest BCUT2D eigenvalue weighted by Crippen LogP contribution is 2.34. The van der Waals surface area contributed by atoms with Crippen LogP contribution in [0, 0.1) is 5.92 Å². The summed E-state index contributed by atoms with van der Waals surface area (Å²) in [5, 5.41) is 3.21. The van der Waals surface area contributed by atoms with Crippen molar-refractivity contribution < 1.29 is 14.3 Å². The molecule has 0 atom stereocenters. The second-order valence-electron chi connectivity index (χ2n) is 8.44. The van der Waals surface area contributed by atoms with Gasteiger partial charge in [0.2, 0.25) is 0 Å². The third kappa shape index (κ3) is 4.82. The van der Waals surface area contributed by atoms with E-state index in [-0.39, 0.29) is 17.5 Å². The maximum atomic E-state index is 13.5. The molecule has 0 fully saturated rings. The van der Waals surface area contributed by atoms with Gasteiger partial charge in [0, 0.05) is 5.69 Å². The fourth-order valence-electron chi connectivity index (χ4n) is 3.67. The minimum Gasteiger partial charge on any atom is -0.493 e. The predicted octanol–water partition coefficient (Wildman–Crippen LogP) is 5.68. The van der Waals surface area contributed by atoms with Crippen molar-refractivity contribution in [3.8, 4) is 5.75 Å². The zero-order chi connectivity index (χ0) is 23.4. The van der Waals surface area contributed by atoms with E-state index in [1.807, 2.05) is 66.7 Å². The van der Waals surface area contributed by atoms with Gasteiger partial charge in [-0.3, -0.25) is 9.59 Å². The molecule has 33 heavy (non-hydrogen) atoms. The van der Waals surface area contributed by atoms with Gasteiger partial charge in [-0.25, -0.2) is 4.90 Å². The number of rotatable bonds is 8. The molecule has 1 aliphatic heterocycles. The van der Waals surface area contributed by atoms with Crippen LogP contribution in [0.5, 0.6) is 5.75 Å². The summed E-state index contributed by atoms with van der Waals surface area (Å²) in [6.07, 6.45) is 0.929. The molecule has 0 radical (unpaired) electrons. The fraction of sp³-hybridized carbons (Fsp3) is 0.214. The highest BCUT2D eigenvalue weighted by atomic mass is 16.5. The largest absolute Gasteiger partial charge is 0.493 e. The Morgan fingerprint density at radius 1 is 0.848 bits per heavy atom. The topological polar surface area (TPSA) is 58.6 Å². The minimum absolute atomic E-state index is 0.268. The highest BCUT2D eigenvalue weighted by molar-refractivity contribution is 6.46. The average molecular weight is 441 g/mol. The third-order valence-corrected chi connectivity index (χ3v) is 5.46. The van der Waals surface area contributed by atoms with E-state index in [0.29, 0.717) is 29.3 Å². The number of benzene rings is 3. The van der Waals surface area contributed by atoms with Crippen LogP contribution in [0.2, 0.25) is 0 Å². The number of ether oxygens (including phenoxy) is 1. The molecule has 5 heteroatoms. The maximum absolute atomic E-state index is 13.5. The van der Waals surface area contributed by atoms with Crippen molar-refractivity contribution in [1.82, 2.24) is 0 Å². The average Bonchev–Trinajstić information content (AvgIpc) is 3.08. The zero-order valence-corrected chi connectivity index (χ0v) is 19.2. The van der Waals surface area contributed by atoms with E-state index in [0.717, 1.165) is 17.9 Å². The number of carbonyl (C=O) groups excluding carboxylic acids is 2. The van der Waals surface area contributed by atoms with Crippen LogP contribution in [-0.2, 0) is 16.0 Å². The molecular formula is C28H28N2O3. The van der Waals surface area contributed by atoms with Crippen molar-refractivity contribution in [2.45, 2.75) is 27.2 Å². The Bertz CT molecular complexity index is 1160. The van der Waals surface area contributed by atoms with Gasteiger partial charge in [0.05, 0.1) is 17.9 Å². The van der Waals surface area contributed by atoms with Crippen LogP contribution in [0.3, 0.4) is 0 Å². The summed E-state index contributed by atoms with van der Waals surface area (Å²) in [5.74, 6) is 0.417. The molecule has 0 spiro atoms. The molecule has 1 heterocycles. The molecule has 0 aliphatic carbocycles. The zero-order valence-electron chi connectivity index (χ0n) is 19.2. The number of amides is 2. The summed E-state index contributed by atoms with van der Waals surface area (Å²) in [6, 6.07) is 24.2. The first-order valence-corrected chi connectivity index (χ1v) is 11.2. The minimum atomic E-state index is -0.374. The van der Waals surface area contributed by atoms with Gasteiger partial charge in [0.25, 0.3) is 11.8 Å². The summed E-state index contributed by atoms with van der Waals surface area (Å²) in [4.78, 5) is 28.1.